The lowest BCUT2D eigenvalue weighted by Gasteiger charge is -2.32. The van der Waals surface area contributed by atoms with Crippen molar-refractivity contribution in [3.05, 3.63) is 35.9 Å². The third-order valence-corrected chi connectivity index (χ3v) is 4.15. The Hall–Kier alpha value is -1.88. The molecule has 5 heteroatoms. The Morgan fingerprint density at radius 1 is 1.35 bits per heavy atom. The van der Waals surface area contributed by atoms with E-state index in [0.717, 1.165) is 5.56 Å². The second-order valence-electron chi connectivity index (χ2n) is 5.54. The van der Waals surface area contributed by atoms with Gasteiger partial charge in [0.1, 0.15) is 5.54 Å². The van der Waals surface area contributed by atoms with Crippen LogP contribution in [0.1, 0.15) is 25.8 Å². The van der Waals surface area contributed by atoms with Crippen molar-refractivity contribution >= 4 is 11.9 Å². The first kappa shape index (κ1) is 14.5. The summed E-state index contributed by atoms with van der Waals surface area (Å²) in [6, 6.07) is 8.83. The topological polar surface area (TPSA) is 83.6 Å². The molecule has 3 atom stereocenters. The molecule has 2 rings (SSSR count). The molecule has 0 spiro atoms. The van der Waals surface area contributed by atoms with Crippen molar-refractivity contribution in [1.29, 1.82) is 0 Å². The van der Waals surface area contributed by atoms with Gasteiger partial charge in [0.15, 0.2) is 0 Å². The average Bonchev–Trinajstić information content (AvgIpc) is 2.80. The maximum atomic E-state index is 12.7. The molecule has 20 heavy (non-hydrogen) atoms. The van der Waals surface area contributed by atoms with Crippen molar-refractivity contribution in [3.8, 4) is 0 Å². The van der Waals surface area contributed by atoms with Gasteiger partial charge in [0, 0.05) is 12.6 Å². The van der Waals surface area contributed by atoms with E-state index in [9.17, 15) is 9.59 Å². The maximum Gasteiger partial charge on any atom is 0.308 e. The Kier molecular flexibility index (Phi) is 3.81. The predicted octanol–water partition coefficient (Wildman–Crippen LogP) is 1.18. The summed E-state index contributed by atoms with van der Waals surface area (Å²) in [6.45, 7) is 3.88. The van der Waals surface area contributed by atoms with E-state index in [1.807, 2.05) is 30.3 Å². The van der Waals surface area contributed by atoms with Gasteiger partial charge in [0.25, 0.3) is 0 Å². The van der Waals surface area contributed by atoms with Gasteiger partial charge in [-0.15, -0.1) is 0 Å². The number of carboxylic acid groups (broad SMARTS) is 1. The van der Waals surface area contributed by atoms with Crippen molar-refractivity contribution in [2.75, 3.05) is 6.54 Å². The van der Waals surface area contributed by atoms with Crippen LogP contribution < -0.4 is 5.73 Å². The summed E-state index contributed by atoms with van der Waals surface area (Å²) < 4.78 is 0. The second-order valence-corrected chi connectivity index (χ2v) is 5.54. The van der Waals surface area contributed by atoms with Crippen molar-refractivity contribution in [2.45, 2.75) is 31.8 Å². The molecule has 1 fully saturated rings. The Labute approximate surface area is 118 Å². The summed E-state index contributed by atoms with van der Waals surface area (Å²) in [4.78, 5) is 25.4. The number of nitrogens with zero attached hydrogens (tertiary/aromatic N) is 1. The number of aliphatic carboxylic acids is 1. The van der Waals surface area contributed by atoms with Gasteiger partial charge in [0.2, 0.25) is 5.91 Å². The number of carbonyl (C=O) groups excluding carboxylic acids is 1. The van der Waals surface area contributed by atoms with Crippen molar-refractivity contribution in [1.82, 2.24) is 4.90 Å². The first-order valence-corrected chi connectivity index (χ1v) is 6.74. The van der Waals surface area contributed by atoms with E-state index < -0.39 is 17.4 Å². The van der Waals surface area contributed by atoms with E-state index in [1.165, 1.54) is 0 Å². The van der Waals surface area contributed by atoms with Crippen LogP contribution in [-0.2, 0) is 15.1 Å². The van der Waals surface area contributed by atoms with Crippen LogP contribution in [0.2, 0.25) is 0 Å². The summed E-state index contributed by atoms with van der Waals surface area (Å²) >= 11 is 0. The third kappa shape index (κ3) is 2.41. The smallest absolute Gasteiger partial charge is 0.308 e. The molecule has 3 unspecified atom stereocenters. The van der Waals surface area contributed by atoms with Crippen molar-refractivity contribution < 1.29 is 14.7 Å². The highest BCUT2D eigenvalue weighted by Gasteiger charge is 2.43. The van der Waals surface area contributed by atoms with E-state index in [0.29, 0.717) is 13.0 Å². The van der Waals surface area contributed by atoms with Crippen LogP contribution in [-0.4, -0.2) is 34.5 Å². The molecule has 0 bridgehead atoms. The molecule has 1 aromatic carbocycles. The molecule has 1 heterocycles. The molecule has 0 aliphatic carbocycles. The molecule has 3 N–H and O–H groups in total. The molecule has 5 nitrogen and oxygen atoms in total. The largest absolute Gasteiger partial charge is 0.481 e. The molecule has 1 aromatic rings. The Balaban J connectivity index is 2.22. The zero-order valence-corrected chi connectivity index (χ0v) is 11.7. The minimum absolute atomic E-state index is 0.222. The lowest BCUT2D eigenvalue weighted by molar-refractivity contribution is -0.144. The zero-order chi connectivity index (χ0) is 14.9. The van der Waals surface area contributed by atoms with Gasteiger partial charge >= 0.3 is 5.97 Å². The van der Waals surface area contributed by atoms with Gasteiger partial charge < -0.3 is 15.7 Å². The SMILES string of the molecule is CC1C(C(=O)O)CCN1C(=O)C(C)(N)c1ccccc1. The molecule has 1 saturated heterocycles. The van der Waals surface area contributed by atoms with Gasteiger partial charge in [-0.25, -0.2) is 0 Å². The van der Waals surface area contributed by atoms with E-state index in [1.54, 1.807) is 18.7 Å². The summed E-state index contributed by atoms with van der Waals surface area (Å²) in [5.74, 6) is -1.59. The Morgan fingerprint density at radius 3 is 2.45 bits per heavy atom. The standard InChI is InChI=1S/C15H20N2O3/c1-10-12(13(18)19)8-9-17(10)14(20)15(2,16)11-6-4-3-5-7-11/h3-7,10,12H,8-9,16H2,1-2H3,(H,18,19). The summed E-state index contributed by atoms with van der Waals surface area (Å²) in [5.41, 5.74) is 5.80. The van der Waals surface area contributed by atoms with Gasteiger partial charge in [-0.2, -0.15) is 0 Å². The number of nitrogens with two attached hydrogens (primary N) is 1. The maximum absolute atomic E-state index is 12.7. The van der Waals surface area contributed by atoms with Crippen LogP contribution >= 0.6 is 0 Å². The number of carbonyl (C=O) groups is 2. The molecule has 0 aromatic heterocycles. The summed E-state index contributed by atoms with van der Waals surface area (Å²) in [7, 11) is 0. The highest BCUT2D eigenvalue weighted by molar-refractivity contribution is 5.88. The fourth-order valence-corrected chi connectivity index (χ4v) is 2.76. The first-order valence-electron chi connectivity index (χ1n) is 6.74. The lowest BCUT2D eigenvalue weighted by atomic mass is 9.91. The minimum Gasteiger partial charge on any atom is -0.481 e. The van der Waals surface area contributed by atoms with Crippen LogP contribution in [0, 0.1) is 5.92 Å². The number of carboxylic acids is 1. The zero-order valence-electron chi connectivity index (χ0n) is 11.7. The van der Waals surface area contributed by atoms with Crippen molar-refractivity contribution in [2.24, 2.45) is 11.7 Å². The number of hydrogen-bond acceptors (Lipinski definition) is 3. The van der Waals surface area contributed by atoms with Crippen molar-refractivity contribution in [3.63, 3.8) is 0 Å². The van der Waals surface area contributed by atoms with E-state index in [-0.39, 0.29) is 11.9 Å². The summed E-state index contributed by atoms with van der Waals surface area (Å²) in [5, 5.41) is 9.13. The predicted molar refractivity (Wildman–Crippen MR) is 74.9 cm³/mol. The van der Waals surface area contributed by atoms with Gasteiger partial charge in [-0.05, 0) is 25.8 Å². The fourth-order valence-electron chi connectivity index (χ4n) is 2.76. The van der Waals surface area contributed by atoms with Crippen LogP contribution in [0.15, 0.2) is 30.3 Å². The van der Waals surface area contributed by atoms with Crippen LogP contribution in [0.25, 0.3) is 0 Å². The van der Waals surface area contributed by atoms with E-state index in [2.05, 4.69) is 0 Å². The monoisotopic (exact) mass is 276 g/mol. The number of likely N-dealkylation sites (tertiary alicyclic amines) is 1. The lowest BCUT2D eigenvalue weighted by Crippen LogP contribution is -2.52. The number of rotatable bonds is 3. The minimum atomic E-state index is -1.14. The molecular weight excluding hydrogens is 256 g/mol. The first-order chi connectivity index (χ1) is 9.35. The van der Waals surface area contributed by atoms with Gasteiger partial charge in [0.05, 0.1) is 5.92 Å². The quantitative estimate of drug-likeness (QED) is 0.868. The number of hydrogen-bond donors (Lipinski definition) is 2. The molecule has 1 aliphatic rings. The highest BCUT2D eigenvalue weighted by atomic mass is 16.4. The molecule has 1 amide bonds. The van der Waals surface area contributed by atoms with Crippen LogP contribution in [0.5, 0.6) is 0 Å². The Morgan fingerprint density at radius 2 is 1.95 bits per heavy atom. The van der Waals surface area contributed by atoms with Crippen LogP contribution in [0.3, 0.4) is 0 Å². The number of amides is 1. The normalized spacial score (nSPS) is 25.2. The molecule has 108 valence electrons. The molecular formula is C15H20N2O3. The number of benzene rings is 1. The third-order valence-electron chi connectivity index (χ3n) is 4.15. The summed E-state index contributed by atoms with van der Waals surface area (Å²) in [6.07, 6.45) is 0.479. The fraction of sp³-hybridized carbons (Fsp3) is 0.467. The molecule has 1 aliphatic heterocycles. The average molecular weight is 276 g/mol. The van der Waals surface area contributed by atoms with Crippen LogP contribution in [0.4, 0.5) is 0 Å². The highest BCUT2D eigenvalue weighted by Crippen LogP contribution is 2.29. The molecule has 0 radical (unpaired) electrons. The molecule has 0 saturated carbocycles. The van der Waals surface area contributed by atoms with E-state index in [4.69, 9.17) is 10.8 Å². The van der Waals surface area contributed by atoms with E-state index >= 15 is 0 Å². The Bertz CT molecular complexity index is 513. The van der Waals surface area contributed by atoms with Gasteiger partial charge in [-0.3, -0.25) is 9.59 Å². The second kappa shape index (κ2) is 5.25. The van der Waals surface area contributed by atoms with Gasteiger partial charge in [-0.1, -0.05) is 30.3 Å².